The molecule has 0 amide bonds. The van der Waals surface area contributed by atoms with E-state index in [1.165, 1.54) is 30.4 Å². The number of benzene rings is 1. The second kappa shape index (κ2) is 5.38. The van der Waals surface area contributed by atoms with Crippen molar-refractivity contribution in [2.45, 2.75) is 25.2 Å². The Balaban J connectivity index is 0.00000112. The zero-order valence-corrected chi connectivity index (χ0v) is 9.85. The summed E-state index contributed by atoms with van der Waals surface area (Å²) in [5.74, 6) is 1.48. The summed E-state index contributed by atoms with van der Waals surface area (Å²) in [5, 5.41) is 0. The van der Waals surface area contributed by atoms with Gasteiger partial charge in [0.25, 0.3) is 0 Å². The maximum Gasteiger partial charge on any atom is 0.119 e. The van der Waals surface area contributed by atoms with Gasteiger partial charge in [0.2, 0.25) is 0 Å². The molecule has 1 aliphatic rings. The third kappa shape index (κ3) is 2.44. The molecular formula is C12H18ClNO. The SMILES string of the molecule is COc1ccc2c(c1)[C@H](CN)CCC2.Cl. The molecule has 0 unspecified atom stereocenters. The van der Waals surface area contributed by atoms with Crippen molar-refractivity contribution in [1.82, 2.24) is 0 Å². The number of hydrogen-bond donors (Lipinski definition) is 1. The molecule has 2 N–H and O–H groups in total. The zero-order valence-electron chi connectivity index (χ0n) is 9.03. The molecule has 0 bridgehead atoms. The minimum atomic E-state index is 0. The van der Waals surface area contributed by atoms with Gasteiger partial charge < -0.3 is 10.5 Å². The van der Waals surface area contributed by atoms with Gasteiger partial charge in [-0.05, 0) is 55.0 Å². The van der Waals surface area contributed by atoms with E-state index in [-0.39, 0.29) is 12.4 Å². The van der Waals surface area contributed by atoms with Crippen LogP contribution in [0.4, 0.5) is 0 Å². The smallest absolute Gasteiger partial charge is 0.119 e. The van der Waals surface area contributed by atoms with Crippen LogP contribution in [0.25, 0.3) is 0 Å². The normalized spacial score (nSPS) is 18.9. The van der Waals surface area contributed by atoms with Crippen LogP contribution < -0.4 is 10.5 Å². The Morgan fingerprint density at radius 3 is 2.93 bits per heavy atom. The van der Waals surface area contributed by atoms with Crippen LogP contribution in [-0.2, 0) is 6.42 Å². The highest BCUT2D eigenvalue weighted by molar-refractivity contribution is 5.85. The Morgan fingerprint density at radius 1 is 1.47 bits per heavy atom. The fraction of sp³-hybridized carbons (Fsp3) is 0.500. The molecule has 1 aromatic rings. The van der Waals surface area contributed by atoms with Crippen LogP contribution in [0.1, 0.15) is 29.9 Å². The van der Waals surface area contributed by atoms with Crippen molar-refractivity contribution in [2.24, 2.45) is 5.73 Å². The van der Waals surface area contributed by atoms with Crippen LogP contribution in [0, 0.1) is 0 Å². The van der Waals surface area contributed by atoms with Gasteiger partial charge in [0.1, 0.15) is 5.75 Å². The molecule has 1 atom stereocenters. The monoisotopic (exact) mass is 227 g/mol. The van der Waals surface area contributed by atoms with Crippen molar-refractivity contribution < 1.29 is 4.74 Å². The molecule has 1 aliphatic carbocycles. The number of methoxy groups -OCH3 is 1. The van der Waals surface area contributed by atoms with Crippen LogP contribution >= 0.6 is 12.4 Å². The molecule has 0 heterocycles. The molecule has 0 saturated carbocycles. The van der Waals surface area contributed by atoms with Gasteiger partial charge in [0.15, 0.2) is 0 Å². The minimum Gasteiger partial charge on any atom is -0.497 e. The number of nitrogens with two attached hydrogens (primary N) is 1. The van der Waals surface area contributed by atoms with Crippen LogP contribution in [0.3, 0.4) is 0 Å². The molecule has 0 aliphatic heterocycles. The molecule has 3 heteroatoms. The molecule has 0 radical (unpaired) electrons. The number of halogens is 1. The van der Waals surface area contributed by atoms with Gasteiger partial charge in [0.05, 0.1) is 7.11 Å². The summed E-state index contributed by atoms with van der Waals surface area (Å²) >= 11 is 0. The lowest BCUT2D eigenvalue weighted by molar-refractivity contribution is 0.412. The molecule has 0 aromatic heterocycles. The van der Waals surface area contributed by atoms with Crippen molar-refractivity contribution in [1.29, 1.82) is 0 Å². The van der Waals surface area contributed by atoms with Crippen molar-refractivity contribution in [3.63, 3.8) is 0 Å². The Morgan fingerprint density at radius 2 is 2.27 bits per heavy atom. The average molecular weight is 228 g/mol. The van der Waals surface area contributed by atoms with E-state index in [2.05, 4.69) is 12.1 Å². The third-order valence-corrected chi connectivity index (χ3v) is 3.08. The second-order valence-corrected chi connectivity index (χ2v) is 3.89. The highest BCUT2D eigenvalue weighted by Crippen LogP contribution is 2.33. The lowest BCUT2D eigenvalue weighted by Gasteiger charge is -2.24. The summed E-state index contributed by atoms with van der Waals surface area (Å²) in [6.07, 6.45) is 3.67. The Labute approximate surface area is 97.2 Å². The van der Waals surface area contributed by atoms with Gasteiger partial charge in [-0.25, -0.2) is 0 Å². The first-order chi connectivity index (χ1) is 6.85. The second-order valence-electron chi connectivity index (χ2n) is 3.89. The summed E-state index contributed by atoms with van der Waals surface area (Å²) < 4.78 is 5.23. The quantitative estimate of drug-likeness (QED) is 0.843. The summed E-state index contributed by atoms with van der Waals surface area (Å²) in [6, 6.07) is 6.36. The van der Waals surface area contributed by atoms with E-state index in [9.17, 15) is 0 Å². The molecule has 0 saturated heterocycles. The van der Waals surface area contributed by atoms with E-state index in [4.69, 9.17) is 10.5 Å². The van der Waals surface area contributed by atoms with E-state index in [0.717, 1.165) is 12.3 Å². The number of ether oxygens (including phenoxy) is 1. The predicted molar refractivity (Wildman–Crippen MR) is 65.0 cm³/mol. The number of aryl methyl sites for hydroxylation is 1. The van der Waals surface area contributed by atoms with Crippen LogP contribution in [-0.4, -0.2) is 13.7 Å². The van der Waals surface area contributed by atoms with Gasteiger partial charge in [-0.15, -0.1) is 12.4 Å². The maximum absolute atomic E-state index is 5.77. The van der Waals surface area contributed by atoms with Gasteiger partial charge in [-0.1, -0.05) is 6.07 Å². The van der Waals surface area contributed by atoms with E-state index in [0.29, 0.717) is 5.92 Å². The fourth-order valence-corrected chi connectivity index (χ4v) is 2.25. The lowest BCUT2D eigenvalue weighted by Crippen LogP contribution is -2.18. The molecular weight excluding hydrogens is 210 g/mol. The summed E-state index contributed by atoms with van der Waals surface area (Å²) in [5.41, 5.74) is 8.62. The summed E-state index contributed by atoms with van der Waals surface area (Å²) in [6.45, 7) is 0.750. The average Bonchev–Trinajstić information content (AvgIpc) is 2.27. The Hall–Kier alpha value is -0.730. The standard InChI is InChI=1S/C12H17NO.ClH/c1-14-11-6-5-9-3-2-4-10(8-13)12(9)7-11;/h5-7,10H,2-4,8,13H2,1H3;1H/t10-;/m0./s1. The minimum absolute atomic E-state index is 0. The largest absolute Gasteiger partial charge is 0.497 e. The zero-order chi connectivity index (χ0) is 9.97. The van der Waals surface area contributed by atoms with E-state index < -0.39 is 0 Å². The first-order valence-electron chi connectivity index (χ1n) is 5.22. The van der Waals surface area contributed by atoms with E-state index in [1.807, 2.05) is 6.07 Å². The fourth-order valence-electron chi connectivity index (χ4n) is 2.25. The Bertz CT molecular complexity index is 327. The van der Waals surface area contributed by atoms with E-state index in [1.54, 1.807) is 7.11 Å². The number of fused-ring (bicyclic) bond motifs is 1. The van der Waals surface area contributed by atoms with Gasteiger partial charge in [-0.2, -0.15) is 0 Å². The topological polar surface area (TPSA) is 35.2 Å². The summed E-state index contributed by atoms with van der Waals surface area (Å²) in [4.78, 5) is 0. The van der Waals surface area contributed by atoms with Crippen molar-refractivity contribution in [3.05, 3.63) is 29.3 Å². The predicted octanol–water partition coefficient (Wildman–Crippen LogP) is 2.50. The summed E-state index contributed by atoms with van der Waals surface area (Å²) in [7, 11) is 1.71. The highest BCUT2D eigenvalue weighted by Gasteiger charge is 2.19. The first kappa shape index (κ1) is 12.3. The van der Waals surface area contributed by atoms with Crippen LogP contribution in [0.2, 0.25) is 0 Å². The molecule has 15 heavy (non-hydrogen) atoms. The van der Waals surface area contributed by atoms with Gasteiger partial charge >= 0.3 is 0 Å². The maximum atomic E-state index is 5.77. The van der Waals surface area contributed by atoms with Gasteiger partial charge in [0, 0.05) is 0 Å². The molecule has 2 rings (SSSR count). The van der Waals surface area contributed by atoms with Crippen molar-refractivity contribution in [3.8, 4) is 5.75 Å². The van der Waals surface area contributed by atoms with Crippen molar-refractivity contribution >= 4 is 12.4 Å². The molecule has 0 fully saturated rings. The molecule has 2 nitrogen and oxygen atoms in total. The Kier molecular flexibility index (Phi) is 4.43. The van der Waals surface area contributed by atoms with Crippen LogP contribution in [0.5, 0.6) is 5.75 Å². The van der Waals surface area contributed by atoms with Crippen molar-refractivity contribution in [2.75, 3.05) is 13.7 Å². The lowest BCUT2D eigenvalue weighted by atomic mass is 9.83. The molecule has 1 aromatic carbocycles. The number of hydrogen-bond acceptors (Lipinski definition) is 2. The van der Waals surface area contributed by atoms with E-state index >= 15 is 0 Å². The highest BCUT2D eigenvalue weighted by atomic mass is 35.5. The molecule has 0 spiro atoms. The number of rotatable bonds is 2. The first-order valence-corrected chi connectivity index (χ1v) is 5.22. The molecule has 84 valence electrons. The van der Waals surface area contributed by atoms with Gasteiger partial charge in [-0.3, -0.25) is 0 Å². The van der Waals surface area contributed by atoms with Crippen LogP contribution in [0.15, 0.2) is 18.2 Å². The third-order valence-electron chi connectivity index (χ3n) is 3.08.